The van der Waals surface area contributed by atoms with Crippen molar-refractivity contribution in [2.75, 3.05) is 27.2 Å². The summed E-state index contributed by atoms with van der Waals surface area (Å²) in [6, 6.07) is 7.89. The van der Waals surface area contributed by atoms with Gasteiger partial charge in [0, 0.05) is 30.1 Å². The molecule has 1 aromatic rings. The second-order valence-corrected chi connectivity index (χ2v) is 6.70. The molecule has 1 N–H and O–H groups in total. The van der Waals surface area contributed by atoms with E-state index >= 15 is 0 Å². The number of ketones is 1. The summed E-state index contributed by atoms with van der Waals surface area (Å²) < 4.78 is 0.983. The highest BCUT2D eigenvalue weighted by Gasteiger charge is 2.27. The number of aliphatic hydroxyl groups excluding tert-OH is 1. The summed E-state index contributed by atoms with van der Waals surface area (Å²) in [6.07, 6.45) is 2.42. The van der Waals surface area contributed by atoms with E-state index in [2.05, 4.69) is 20.9 Å². The Bertz CT molecular complexity index is 608. The topological polar surface area (TPSA) is 52.9 Å². The van der Waals surface area contributed by atoms with Gasteiger partial charge < -0.3 is 10.0 Å². The third-order valence-corrected chi connectivity index (χ3v) is 4.19. The van der Waals surface area contributed by atoms with Gasteiger partial charge in [0.25, 0.3) is 0 Å². The number of hydrogen-bond donors (Lipinski definition) is 1. The zero-order chi connectivity index (χ0) is 16.1. The van der Waals surface area contributed by atoms with Gasteiger partial charge in [0.2, 0.25) is 0 Å². The summed E-state index contributed by atoms with van der Waals surface area (Å²) in [7, 11) is 3.95. The Balaban J connectivity index is 2.08. The minimum absolute atomic E-state index is 0.0314. The van der Waals surface area contributed by atoms with E-state index in [1.54, 1.807) is 0 Å². The molecule has 118 valence electrons. The number of halogens is 1. The maximum absolute atomic E-state index is 12.3. The number of aliphatic imine (C=N–C) groups is 1. The van der Waals surface area contributed by atoms with Crippen LogP contribution in [0.25, 0.3) is 0 Å². The molecule has 1 aliphatic rings. The molecule has 4 nitrogen and oxygen atoms in total. The van der Waals surface area contributed by atoms with Gasteiger partial charge in [-0.1, -0.05) is 28.1 Å². The van der Waals surface area contributed by atoms with Crippen molar-refractivity contribution in [1.29, 1.82) is 0 Å². The van der Waals surface area contributed by atoms with Gasteiger partial charge >= 0.3 is 0 Å². The number of aliphatic hydroxyl groups is 1. The van der Waals surface area contributed by atoms with Crippen molar-refractivity contribution < 1.29 is 9.90 Å². The maximum atomic E-state index is 12.3. The molecular weight excluding hydrogens is 344 g/mol. The molecule has 1 unspecified atom stereocenters. The molecule has 0 radical (unpaired) electrons. The predicted molar refractivity (Wildman–Crippen MR) is 92.7 cm³/mol. The predicted octanol–water partition coefficient (Wildman–Crippen LogP) is 3.34. The van der Waals surface area contributed by atoms with E-state index in [4.69, 9.17) is 0 Å². The van der Waals surface area contributed by atoms with Crippen LogP contribution in [-0.4, -0.2) is 49.2 Å². The van der Waals surface area contributed by atoms with Gasteiger partial charge in [0.15, 0.2) is 5.78 Å². The Labute approximate surface area is 139 Å². The van der Waals surface area contributed by atoms with Crippen LogP contribution in [0.2, 0.25) is 0 Å². The van der Waals surface area contributed by atoms with Crippen LogP contribution < -0.4 is 0 Å². The van der Waals surface area contributed by atoms with Gasteiger partial charge in [-0.3, -0.25) is 9.79 Å². The number of carbonyl (C=O) groups excluding carboxylic acids is 1. The largest absolute Gasteiger partial charge is 0.511 e. The van der Waals surface area contributed by atoms with Gasteiger partial charge in [-0.05, 0) is 37.7 Å². The molecule has 0 fully saturated rings. The molecule has 0 aromatic heterocycles. The number of carbonyl (C=O) groups is 1. The highest BCUT2D eigenvalue weighted by molar-refractivity contribution is 9.10. The molecule has 22 heavy (non-hydrogen) atoms. The number of likely N-dealkylation sites (N-methyl/N-ethyl adjacent to an activating group) is 1. The molecule has 0 saturated heterocycles. The zero-order valence-corrected chi connectivity index (χ0v) is 14.5. The normalized spacial score (nSPS) is 19.5. The Morgan fingerprint density at radius 3 is 2.82 bits per heavy atom. The van der Waals surface area contributed by atoms with Crippen molar-refractivity contribution in [3.8, 4) is 0 Å². The summed E-state index contributed by atoms with van der Waals surface area (Å²) in [5.41, 5.74) is 1.43. The van der Waals surface area contributed by atoms with Crippen molar-refractivity contribution >= 4 is 27.9 Å². The standard InChI is InChI=1S/C17H21BrN2O2/c1-20(2)7-6-19-11-15-16(21)9-13(10-17(15)22)12-4-3-5-14(18)8-12/h3-5,8,11,13,21H,6-7,9-10H2,1-2H3. The minimum atomic E-state index is -0.0395. The molecule has 0 spiro atoms. The fraction of sp³-hybridized carbons (Fsp3) is 0.412. The molecule has 0 heterocycles. The summed E-state index contributed by atoms with van der Waals surface area (Å²) >= 11 is 3.44. The van der Waals surface area contributed by atoms with Gasteiger partial charge in [0.05, 0.1) is 12.1 Å². The van der Waals surface area contributed by atoms with Crippen LogP contribution in [0, 0.1) is 0 Å². The molecule has 1 aliphatic carbocycles. The summed E-state index contributed by atoms with van der Waals surface area (Å²) in [5.74, 6) is 0.140. The maximum Gasteiger partial charge on any atom is 0.168 e. The fourth-order valence-corrected chi connectivity index (χ4v) is 2.88. The summed E-state index contributed by atoms with van der Waals surface area (Å²) in [4.78, 5) is 18.5. The monoisotopic (exact) mass is 364 g/mol. The molecule has 0 aliphatic heterocycles. The Hall–Kier alpha value is -1.46. The number of rotatable bonds is 5. The van der Waals surface area contributed by atoms with Gasteiger partial charge in [-0.2, -0.15) is 0 Å². The first kappa shape index (κ1) is 16.9. The first-order valence-electron chi connectivity index (χ1n) is 7.32. The van der Waals surface area contributed by atoms with Crippen molar-refractivity contribution in [3.05, 3.63) is 45.6 Å². The molecule has 0 saturated carbocycles. The van der Waals surface area contributed by atoms with Gasteiger partial charge in [-0.15, -0.1) is 0 Å². The lowest BCUT2D eigenvalue weighted by molar-refractivity contribution is -0.116. The highest BCUT2D eigenvalue weighted by Crippen LogP contribution is 2.33. The molecule has 5 heteroatoms. The zero-order valence-electron chi connectivity index (χ0n) is 12.9. The van der Waals surface area contributed by atoms with Gasteiger partial charge in [0.1, 0.15) is 5.76 Å². The quantitative estimate of drug-likeness (QED) is 0.815. The average molecular weight is 365 g/mol. The Morgan fingerprint density at radius 1 is 1.41 bits per heavy atom. The summed E-state index contributed by atoms with van der Waals surface area (Å²) in [6.45, 7) is 1.44. The lowest BCUT2D eigenvalue weighted by Crippen LogP contribution is -2.20. The first-order valence-corrected chi connectivity index (χ1v) is 8.12. The van der Waals surface area contributed by atoms with Crippen molar-refractivity contribution in [3.63, 3.8) is 0 Å². The van der Waals surface area contributed by atoms with Crippen molar-refractivity contribution in [2.24, 2.45) is 4.99 Å². The van der Waals surface area contributed by atoms with Crippen LogP contribution in [0.4, 0.5) is 0 Å². The van der Waals surface area contributed by atoms with E-state index in [9.17, 15) is 9.90 Å². The van der Waals surface area contributed by atoms with Crippen LogP contribution in [0.1, 0.15) is 24.3 Å². The SMILES string of the molecule is CN(C)CCN=CC1=C(O)CC(c2cccc(Br)c2)CC1=O. The number of hydrogen-bond acceptors (Lipinski definition) is 4. The van der Waals surface area contributed by atoms with Crippen LogP contribution in [0.3, 0.4) is 0 Å². The molecule has 2 rings (SSSR count). The molecule has 1 atom stereocenters. The van der Waals surface area contributed by atoms with E-state index in [0.717, 1.165) is 16.6 Å². The van der Waals surface area contributed by atoms with E-state index < -0.39 is 0 Å². The number of benzene rings is 1. The smallest absolute Gasteiger partial charge is 0.168 e. The van der Waals surface area contributed by atoms with Crippen LogP contribution in [-0.2, 0) is 4.79 Å². The number of allylic oxidation sites excluding steroid dienone is 2. The molecule has 1 aromatic carbocycles. The van der Waals surface area contributed by atoms with E-state index in [0.29, 0.717) is 25.0 Å². The second-order valence-electron chi connectivity index (χ2n) is 5.78. The number of Topliss-reactive ketones (excluding diaryl/α,β-unsaturated/α-hetero) is 1. The molecular formula is C17H21BrN2O2. The van der Waals surface area contributed by atoms with Crippen molar-refractivity contribution in [1.82, 2.24) is 4.90 Å². The second kappa shape index (κ2) is 7.70. The first-order chi connectivity index (χ1) is 10.5. The van der Waals surface area contributed by atoms with E-state index in [1.165, 1.54) is 6.21 Å². The minimum Gasteiger partial charge on any atom is -0.511 e. The average Bonchev–Trinajstić information content (AvgIpc) is 2.45. The lowest BCUT2D eigenvalue weighted by Gasteiger charge is -2.22. The van der Waals surface area contributed by atoms with Gasteiger partial charge in [-0.25, -0.2) is 0 Å². The Morgan fingerprint density at radius 2 is 2.18 bits per heavy atom. The third kappa shape index (κ3) is 4.52. The van der Waals surface area contributed by atoms with Crippen LogP contribution in [0.5, 0.6) is 0 Å². The van der Waals surface area contributed by atoms with E-state index in [1.807, 2.05) is 43.3 Å². The van der Waals surface area contributed by atoms with E-state index in [-0.39, 0.29) is 17.5 Å². The Kier molecular flexibility index (Phi) is 5.91. The van der Waals surface area contributed by atoms with Crippen LogP contribution >= 0.6 is 15.9 Å². The fourth-order valence-electron chi connectivity index (χ4n) is 2.47. The lowest BCUT2D eigenvalue weighted by atomic mass is 9.83. The van der Waals surface area contributed by atoms with Crippen molar-refractivity contribution in [2.45, 2.75) is 18.8 Å². The third-order valence-electron chi connectivity index (χ3n) is 3.70. The number of nitrogens with zero attached hydrogens (tertiary/aromatic N) is 2. The molecule has 0 amide bonds. The summed E-state index contributed by atoms with van der Waals surface area (Å²) in [5, 5.41) is 10.2. The highest BCUT2D eigenvalue weighted by atomic mass is 79.9. The molecule has 0 bridgehead atoms. The van der Waals surface area contributed by atoms with Crippen LogP contribution in [0.15, 0.2) is 45.1 Å².